The summed E-state index contributed by atoms with van der Waals surface area (Å²) in [6, 6.07) is 16.4. The number of ether oxygens (including phenoxy) is 1. The molecule has 2 unspecified atom stereocenters. The zero-order valence-electron chi connectivity index (χ0n) is 16.0. The van der Waals surface area contributed by atoms with E-state index >= 15 is 0 Å². The van der Waals surface area contributed by atoms with Crippen LogP contribution in [-0.2, 0) is 9.53 Å². The van der Waals surface area contributed by atoms with E-state index in [1.807, 2.05) is 31.2 Å². The first-order valence-corrected chi connectivity index (χ1v) is 9.85. The van der Waals surface area contributed by atoms with E-state index in [1.165, 1.54) is 11.1 Å². The first kappa shape index (κ1) is 18.5. The predicted octanol–water partition coefficient (Wildman–Crippen LogP) is 4.56. The van der Waals surface area contributed by atoms with Crippen LogP contribution in [0.2, 0.25) is 0 Å². The highest BCUT2D eigenvalue weighted by Crippen LogP contribution is 2.44. The molecule has 0 aromatic heterocycles. The normalized spacial score (nSPS) is 23.1. The van der Waals surface area contributed by atoms with Crippen molar-refractivity contribution in [3.05, 3.63) is 59.7 Å². The number of benzene rings is 2. The van der Waals surface area contributed by atoms with Crippen molar-refractivity contribution < 1.29 is 19.4 Å². The molecule has 5 heteroatoms. The number of carbonyl (C=O) groups excluding carboxylic acids is 1. The Morgan fingerprint density at radius 3 is 2.25 bits per heavy atom. The molecule has 1 fully saturated rings. The summed E-state index contributed by atoms with van der Waals surface area (Å²) in [6.45, 7) is 2.23. The molecule has 2 aromatic rings. The molecule has 5 nitrogen and oxygen atoms in total. The van der Waals surface area contributed by atoms with Gasteiger partial charge < -0.3 is 15.2 Å². The number of carbonyl (C=O) groups is 2. The Kier molecular flexibility index (Phi) is 4.84. The lowest BCUT2D eigenvalue weighted by Crippen LogP contribution is -2.52. The minimum absolute atomic E-state index is 0.00502. The van der Waals surface area contributed by atoms with Gasteiger partial charge in [-0.3, -0.25) is 4.79 Å². The third-order valence-electron chi connectivity index (χ3n) is 6.36. The zero-order chi connectivity index (χ0) is 19.7. The molecule has 2 N–H and O–H groups in total. The molecule has 2 aromatic carbocycles. The summed E-state index contributed by atoms with van der Waals surface area (Å²) in [5, 5.41) is 12.2. The highest BCUT2D eigenvalue weighted by molar-refractivity contribution is 5.79. The molecular weight excluding hydrogens is 354 g/mol. The van der Waals surface area contributed by atoms with Crippen molar-refractivity contribution in [1.29, 1.82) is 0 Å². The maximum atomic E-state index is 12.6. The Labute approximate surface area is 164 Å². The van der Waals surface area contributed by atoms with Crippen LogP contribution in [0.5, 0.6) is 0 Å². The van der Waals surface area contributed by atoms with Crippen LogP contribution in [0.15, 0.2) is 48.5 Å². The van der Waals surface area contributed by atoms with Gasteiger partial charge in [-0.25, -0.2) is 4.79 Å². The fraction of sp³-hybridized carbons (Fsp3) is 0.391. The van der Waals surface area contributed by atoms with Crippen molar-refractivity contribution in [2.24, 2.45) is 5.92 Å². The zero-order valence-corrected chi connectivity index (χ0v) is 16.0. The number of amides is 1. The fourth-order valence-corrected chi connectivity index (χ4v) is 4.85. The largest absolute Gasteiger partial charge is 0.481 e. The van der Waals surface area contributed by atoms with E-state index in [-0.39, 0.29) is 24.9 Å². The first-order chi connectivity index (χ1) is 13.5. The summed E-state index contributed by atoms with van der Waals surface area (Å²) in [4.78, 5) is 23.9. The van der Waals surface area contributed by atoms with E-state index in [0.29, 0.717) is 6.42 Å². The third kappa shape index (κ3) is 3.26. The number of carboxylic acid groups (broad SMARTS) is 1. The molecule has 0 saturated heterocycles. The number of carboxylic acids is 1. The lowest BCUT2D eigenvalue weighted by atomic mass is 9.85. The molecule has 4 rings (SSSR count). The van der Waals surface area contributed by atoms with E-state index in [0.717, 1.165) is 24.0 Å². The van der Waals surface area contributed by atoms with Crippen LogP contribution < -0.4 is 5.32 Å². The molecule has 2 atom stereocenters. The lowest BCUT2D eigenvalue weighted by molar-refractivity contribution is -0.139. The molecule has 0 bridgehead atoms. The molecule has 2 aliphatic rings. The first-order valence-electron chi connectivity index (χ1n) is 9.85. The Balaban J connectivity index is 1.49. The third-order valence-corrected chi connectivity index (χ3v) is 6.36. The maximum absolute atomic E-state index is 12.6. The summed E-state index contributed by atoms with van der Waals surface area (Å²) in [5.41, 5.74) is 3.96. The van der Waals surface area contributed by atoms with Gasteiger partial charge in [0.1, 0.15) is 6.61 Å². The summed E-state index contributed by atoms with van der Waals surface area (Å²) in [6.07, 6.45) is 1.90. The Morgan fingerprint density at radius 2 is 1.71 bits per heavy atom. The van der Waals surface area contributed by atoms with Crippen LogP contribution in [0.1, 0.15) is 49.7 Å². The van der Waals surface area contributed by atoms with Crippen molar-refractivity contribution in [2.45, 2.75) is 44.1 Å². The molecule has 28 heavy (non-hydrogen) atoms. The number of alkyl carbamates (subject to hydrolysis) is 1. The summed E-state index contributed by atoms with van der Waals surface area (Å²) in [7, 11) is 0. The quantitative estimate of drug-likeness (QED) is 0.799. The SMILES string of the molecule is CC1CCCC1(CC(=O)O)NC(=O)OCC1c2ccccc2-c2ccccc21. The summed E-state index contributed by atoms with van der Waals surface area (Å²) >= 11 is 0. The van der Waals surface area contributed by atoms with Gasteiger partial charge in [0.25, 0.3) is 0 Å². The van der Waals surface area contributed by atoms with Crippen molar-refractivity contribution in [1.82, 2.24) is 5.32 Å². The van der Waals surface area contributed by atoms with E-state index in [1.54, 1.807) is 0 Å². The van der Waals surface area contributed by atoms with Gasteiger partial charge in [-0.15, -0.1) is 0 Å². The van der Waals surface area contributed by atoms with Crippen LogP contribution >= 0.6 is 0 Å². The van der Waals surface area contributed by atoms with E-state index in [9.17, 15) is 14.7 Å². The average Bonchev–Trinajstić information content (AvgIpc) is 3.18. The van der Waals surface area contributed by atoms with Gasteiger partial charge in [-0.1, -0.05) is 61.9 Å². The van der Waals surface area contributed by atoms with Crippen molar-refractivity contribution in [3.8, 4) is 11.1 Å². The number of hydrogen-bond acceptors (Lipinski definition) is 3. The van der Waals surface area contributed by atoms with Crippen LogP contribution in [-0.4, -0.2) is 29.3 Å². The monoisotopic (exact) mass is 379 g/mol. The van der Waals surface area contributed by atoms with Crippen LogP contribution in [0.25, 0.3) is 11.1 Å². The highest BCUT2D eigenvalue weighted by atomic mass is 16.5. The fourth-order valence-electron chi connectivity index (χ4n) is 4.85. The van der Waals surface area contributed by atoms with Crippen molar-refractivity contribution in [3.63, 3.8) is 0 Å². The van der Waals surface area contributed by atoms with Gasteiger partial charge in [-0.05, 0) is 41.0 Å². The number of aliphatic carboxylic acids is 1. The molecular formula is C23H25NO4. The maximum Gasteiger partial charge on any atom is 0.407 e. The smallest absolute Gasteiger partial charge is 0.407 e. The van der Waals surface area contributed by atoms with Gasteiger partial charge in [0.15, 0.2) is 0 Å². The number of nitrogens with one attached hydrogen (secondary N) is 1. The number of fused-ring (bicyclic) bond motifs is 3. The Hall–Kier alpha value is -2.82. The molecule has 0 aliphatic heterocycles. The number of hydrogen-bond donors (Lipinski definition) is 2. The second-order valence-electron chi connectivity index (χ2n) is 7.97. The lowest BCUT2D eigenvalue weighted by Gasteiger charge is -2.33. The minimum Gasteiger partial charge on any atom is -0.481 e. The van der Waals surface area contributed by atoms with Crippen LogP contribution in [0.4, 0.5) is 4.79 Å². The molecule has 1 amide bonds. The molecule has 1 saturated carbocycles. The predicted molar refractivity (Wildman–Crippen MR) is 106 cm³/mol. The van der Waals surface area contributed by atoms with E-state index in [4.69, 9.17) is 4.74 Å². The van der Waals surface area contributed by atoms with Crippen molar-refractivity contribution in [2.75, 3.05) is 6.61 Å². The molecule has 0 radical (unpaired) electrons. The second kappa shape index (κ2) is 7.30. The van der Waals surface area contributed by atoms with Gasteiger partial charge in [0, 0.05) is 5.92 Å². The standard InChI is InChI=1S/C23H25NO4/c1-15-7-6-12-23(15,13-21(25)26)24-22(27)28-14-20-18-10-4-2-8-16(18)17-9-3-5-11-19(17)20/h2-5,8-11,15,20H,6-7,12-14H2,1H3,(H,24,27)(H,25,26). The topological polar surface area (TPSA) is 75.6 Å². The summed E-state index contributed by atoms with van der Waals surface area (Å²) in [5.74, 6) is -0.786. The van der Waals surface area contributed by atoms with Gasteiger partial charge >= 0.3 is 12.1 Å². The average molecular weight is 379 g/mol. The van der Waals surface area contributed by atoms with E-state index in [2.05, 4.69) is 29.6 Å². The number of rotatable bonds is 5. The molecule has 0 spiro atoms. The van der Waals surface area contributed by atoms with Gasteiger partial charge in [0.05, 0.1) is 12.0 Å². The Morgan fingerprint density at radius 1 is 1.11 bits per heavy atom. The minimum atomic E-state index is -0.896. The van der Waals surface area contributed by atoms with E-state index < -0.39 is 17.6 Å². The van der Waals surface area contributed by atoms with Crippen LogP contribution in [0.3, 0.4) is 0 Å². The van der Waals surface area contributed by atoms with Gasteiger partial charge in [0.2, 0.25) is 0 Å². The molecule has 146 valence electrons. The molecule has 2 aliphatic carbocycles. The summed E-state index contributed by atoms with van der Waals surface area (Å²) < 4.78 is 5.61. The highest BCUT2D eigenvalue weighted by Gasteiger charge is 2.43. The molecule has 0 heterocycles. The van der Waals surface area contributed by atoms with Gasteiger partial charge in [-0.2, -0.15) is 0 Å². The van der Waals surface area contributed by atoms with Crippen molar-refractivity contribution >= 4 is 12.1 Å². The Bertz CT molecular complexity index is 863. The van der Waals surface area contributed by atoms with Crippen LogP contribution in [0, 0.1) is 5.92 Å². The second-order valence-corrected chi connectivity index (χ2v) is 7.97.